The van der Waals surface area contributed by atoms with Crippen LogP contribution in [0.1, 0.15) is 45.5 Å². The molecular weight excluding hydrogens is 416 g/mol. The average molecular weight is 449 g/mol. The van der Waals surface area contributed by atoms with E-state index >= 15 is 0 Å². The summed E-state index contributed by atoms with van der Waals surface area (Å²) in [6, 6.07) is 25.3. The van der Waals surface area contributed by atoms with Crippen molar-refractivity contribution < 1.29 is 4.79 Å². The van der Waals surface area contributed by atoms with Crippen LogP contribution in [0.5, 0.6) is 0 Å². The molecule has 0 spiro atoms. The average Bonchev–Trinajstić information content (AvgIpc) is 2.86. The summed E-state index contributed by atoms with van der Waals surface area (Å²) in [7, 11) is 0. The Kier molecular flexibility index (Phi) is 6.19. The number of likely N-dealkylation sites (tertiary alicyclic amines) is 1. The lowest BCUT2D eigenvalue weighted by Crippen LogP contribution is -2.39. The van der Waals surface area contributed by atoms with E-state index in [0.717, 1.165) is 65.6 Å². The molecule has 3 aromatic carbocycles. The van der Waals surface area contributed by atoms with Crippen molar-refractivity contribution >= 4 is 16.8 Å². The first-order valence-corrected chi connectivity index (χ1v) is 12.3. The maximum atomic E-state index is 13.8. The van der Waals surface area contributed by atoms with Gasteiger partial charge in [0.1, 0.15) is 0 Å². The Bertz CT molecular complexity index is 1330. The number of piperidine rings is 1. The van der Waals surface area contributed by atoms with Crippen molar-refractivity contribution in [3.8, 4) is 11.3 Å². The molecule has 1 aromatic heterocycles. The van der Waals surface area contributed by atoms with Crippen molar-refractivity contribution in [2.75, 3.05) is 13.1 Å². The van der Waals surface area contributed by atoms with Crippen molar-refractivity contribution in [1.82, 2.24) is 9.88 Å². The molecule has 1 aliphatic rings. The number of aryl methyl sites for hydroxylation is 3. The van der Waals surface area contributed by atoms with E-state index < -0.39 is 0 Å². The molecule has 0 bridgehead atoms. The fourth-order valence-corrected chi connectivity index (χ4v) is 5.02. The lowest BCUT2D eigenvalue weighted by Gasteiger charge is -2.32. The highest BCUT2D eigenvalue weighted by Gasteiger charge is 2.25. The third kappa shape index (κ3) is 4.61. The van der Waals surface area contributed by atoms with E-state index in [-0.39, 0.29) is 5.91 Å². The Morgan fingerprint density at radius 2 is 1.65 bits per heavy atom. The Balaban J connectivity index is 1.43. The molecule has 1 amide bonds. The maximum Gasteiger partial charge on any atom is 0.254 e. The molecule has 3 nitrogen and oxygen atoms in total. The van der Waals surface area contributed by atoms with Crippen LogP contribution in [0.25, 0.3) is 22.2 Å². The molecule has 0 unspecified atom stereocenters. The third-order valence-electron chi connectivity index (χ3n) is 7.27. The zero-order chi connectivity index (χ0) is 23.7. The van der Waals surface area contributed by atoms with Gasteiger partial charge in [-0.1, -0.05) is 54.1 Å². The molecule has 0 N–H and O–H groups in total. The molecule has 0 aliphatic carbocycles. The van der Waals surface area contributed by atoms with Gasteiger partial charge < -0.3 is 4.90 Å². The number of carbonyl (C=O) groups is 1. The molecule has 4 aromatic rings. The van der Waals surface area contributed by atoms with Crippen LogP contribution >= 0.6 is 0 Å². The second kappa shape index (κ2) is 9.42. The normalized spacial score (nSPS) is 14.5. The van der Waals surface area contributed by atoms with Crippen LogP contribution < -0.4 is 0 Å². The largest absolute Gasteiger partial charge is 0.339 e. The van der Waals surface area contributed by atoms with Gasteiger partial charge in [0.05, 0.1) is 16.8 Å². The van der Waals surface area contributed by atoms with Crippen molar-refractivity contribution in [2.45, 2.75) is 40.0 Å². The molecule has 2 heterocycles. The summed E-state index contributed by atoms with van der Waals surface area (Å²) < 4.78 is 0. The van der Waals surface area contributed by atoms with Crippen molar-refractivity contribution in [2.24, 2.45) is 5.92 Å². The van der Waals surface area contributed by atoms with E-state index in [4.69, 9.17) is 4.98 Å². The number of hydrogen-bond acceptors (Lipinski definition) is 2. The van der Waals surface area contributed by atoms with E-state index in [2.05, 4.69) is 81.4 Å². The summed E-state index contributed by atoms with van der Waals surface area (Å²) in [5, 5.41) is 0.948. The molecule has 172 valence electrons. The number of nitrogens with zero attached hydrogens (tertiary/aromatic N) is 2. The van der Waals surface area contributed by atoms with Crippen LogP contribution in [0.3, 0.4) is 0 Å². The first-order chi connectivity index (χ1) is 16.5. The van der Waals surface area contributed by atoms with Crippen molar-refractivity contribution in [1.29, 1.82) is 0 Å². The monoisotopic (exact) mass is 448 g/mol. The van der Waals surface area contributed by atoms with Gasteiger partial charge in [0.25, 0.3) is 5.91 Å². The maximum absolute atomic E-state index is 13.8. The number of hydrogen-bond donors (Lipinski definition) is 0. The lowest BCUT2D eigenvalue weighted by molar-refractivity contribution is 0.0692. The summed E-state index contributed by atoms with van der Waals surface area (Å²) >= 11 is 0. The van der Waals surface area contributed by atoms with Gasteiger partial charge in [-0.3, -0.25) is 4.79 Å². The van der Waals surface area contributed by atoms with Crippen LogP contribution in [-0.2, 0) is 6.42 Å². The standard InChI is InChI=1S/C31H32N2O/c1-21-9-12-29-27(17-21)28(20-30(32-29)26-11-10-22(2)23(3)18-26)31(34)33-15-13-25(14-16-33)19-24-7-5-4-6-8-24/h4-12,17-18,20,25H,13-16,19H2,1-3H3. The first-order valence-electron chi connectivity index (χ1n) is 12.3. The van der Waals surface area contributed by atoms with Gasteiger partial charge in [0.2, 0.25) is 0 Å². The van der Waals surface area contributed by atoms with Gasteiger partial charge in [-0.25, -0.2) is 4.98 Å². The molecule has 5 rings (SSSR count). The van der Waals surface area contributed by atoms with Crippen LogP contribution in [0, 0.1) is 26.7 Å². The van der Waals surface area contributed by atoms with Crippen LogP contribution in [0.4, 0.5) is 0 Å². The van der Waals surface area contributed by atoms with Crippen LogP contribution in [0.2, 0.25) is 0 Å². The molecule has 0 radical (unpaired) electrons. The summed E-state index contributed by atoms with van der Waals surface area (Å²) in [6.45, 7) is 7.93. The summed E-state index contributed by atoms with van der Waals surface area (Å²) in [4.78, 5) is 20.8. The van der Waals surface area contributed by atoms with E-state index in [1.54, 1.807) is 0 Å². The van der Waals surface area contributed by atoms with Crippen LogP contribution in [-0.4, -0.2) is 28.9 Å². The van der Waals surface area contributed by atoms with Gasteiger partial charge in [-0.2, -0.15) is 0 Å². The quantitative estimate of drug-likeness (QED) is 0.339. The number of benzene rings is 3. The highest BCUT2D eigenvalue weighted by molar-refractivity contribution is 6.07. The van der Waals surface area contributed by atoms with Gasteiger partial charge in [-0.15, -0.1) is 0 Å². The molecule has 3 heteroatoms. The summed E-state index contributed by atoms with van der Waals surface area (Å²) in [6.07, 6.45) is 3.19. The van der Waals surface area contributed by atoms with E-state index in [0.29, 0.717) is 5.92 Å². The summed E-state index contributed by atoms with van der Waals surface area (Å²) in [5.41, 5.74) is 8.59. The molecule has 1 saturated heterocycles. The number of amides is 1. The number of pyridine rings is 1. The highest BCUT2D eigenvalue weighted by atomic mass is 16.2. The topological polar surface area (TPSA) is 33.2 Å². The Hall–Kier alpha value is -3.46. The zero-order valence-corrected chi connectivity index (χ0v) is 20.3. The Labute approximate surface area is 202 Å². The minimum absolute atomic E-state index is 0.126. The van der Waals surface area contributed by atoms with Gasteiger partial charge >= 0.3 is 0 Å². The van der Waals surface area contributed by atoms with E-state index in [1.165, 1.54) is 16.7 Å². The van der Waals surface area contributed by atoms with Gasteiger partial charge in [-0.05, 0) is 86.9 Å². The fraction of sp³-hybridized carbons (Fsp3) is 0.290. The summed E-state index contributed by atoms with van der Waals surface area (Å²) in [5.74, 6) is 0.759. The van der Waals surface area contributed by atoms with Gasteiger partial charge in [0, 0.05) is 24.0 Å². The molecule has 34 heavy (non-hydrogen) atoms. The Morgan fingerprint density at radius 3 is 2.38 bits per heavy atom. The molecule has 1 fully saturated rings. The number of fused-ring (bicyclic) bond motifs is 1. The van der Waals surface area contributed by atoms with Crippen molar-refractivity contribution in [3.63, 3.8) is 0 Å². The smallest absolute Gasteiger partial charge is 0.254 e. The van der Waals surface area contributed by atoms with Crippen molar-refractivity contribution in [3.05, 3.63) is 101 Å². The predicted octanol–water partition coefficient (Wildman–Crippen LogP) is 6.92. The van der Waals surface area contributed by atoms with E-state index in [9.17, 15) is 4.79 Å². The van der Waals surface area contributed by atoms with Gasteiger partial charge in [0.15, 0.2) is 0 Å². The molecule has 0 atom stereocenters. The minimum atomic E-state index is 0.126. The van der Waals surface area contributed by atoms with Crippen LogP contribution in [0.15, 0.2) is 72.8 Å². The fourth-order valence-electron chi connectivity index (χ4n) is 5.02. The molecule has 1 aliphatic heterocycles. The number of carbonyl (C=O) groups excluding carboxylic acids is 1. The Morgan fingerprint density at radius 1 is 0.882 bits per heavy atom. The third-order valence-corrected chi connectivity index (χ3v) is 7.27. The number of rotatable bonds is 4. The second-order valence-corrected chi connectivity index (χ2v) is 9.80. The highest BCUT2D eigenvalue weighted by Crippen LogP contribution is 2.29. The number of aromatic nitrogens is 1. The SMILES string of the molecule is Cc1ccc2nc(-c3ccc(C)c(C)c3)cc(C(=O)N3CCC(Cc4ccccc4)CC3)c2c1. The molecular formula is C31H32N2O. The predicted molar refractivity (Wildman–Crippen MR) is 140 cm³/mol. The molecule has 0 saturated carbocycles. The minimum Gasteiger partial charge on any atom is -0.339 e. The second-order valence-electron chi connectivity index (χ2n) is 9.80. The van der Waals surface area contributed by atoms with E-state index in [1.807, 2.05) is 17.0 Å². The zero-order valence-electron chi connectivity index (χ0n) is 20.3. The first kappa shape index (κ1) is 22.3. The lowest BCUT2D eigenvalue weighted by atomic mass is 9.90.